The van der Waals surface area contributed by atoms with Gasteiger partial charge >= 0.3 is 0 Å². The van der Waals surface area contributed by atoms with Gasteiger partial charge in [0.05, 0.1) is 0 Å². The summed E-state index contributed by atoms with van der Waals surface area (Å²) in [5.41, 5.74) is 1.11. The maximum absolute atomic E-state index is 13.2. The minimum atomic E-state index is -0.128. The van der Waals surface area contributed by atoms with Crippen LogP contribution >= 0.6 is 0 Å². The zero-order valence-corrected chi connectivity index (χ0v) is 12.7. The lowest BCUT2D eigenvalue weighted by Gasteiger charge is -2.20. The summed E-state index contributed by atoms with van der Waals surface area (Å²) in [5, 5.41) is 3.51. The van der Waals surface area contributed by atoms with Gasteiger partial charge in [-0.2, -0.15) is 0 Å². The highest BCUT2D eigenvalue weighted by molar-refractivity contribution is 5.16. The Morgan fingerprint density at radius 1 is 1.11 bits per heavy atom. The molecule has 0 saturated heterocycles. The number of hydrogen-bond donors (Lipinski definition) is 1. The van der Waals surface area contributed by atoms with Crippen molar-refractivity contribution in [1.82, 2.24) is 5.32 Å². The summed E-state index contributed by atoms with van der Waals surface area (Å²) >= 11 is 0. The molecule has 1 nitrogen and oxygen atoms in total. The lowest BCUT2D eigenvalue weighted by Crippen LogP contribution is -2.30. The number of halogens is 1. The Morgan fingerprint density at radius 3 is 2.42 bits per heavy atom. The Hall–Kier alpha value is -0.890. The van der Waals surface area contributed by atoms with E-state index in [2.05, 4.69) is 33.0 Å². The summed E-state index contributed by atoms with van der Waals surface area (Å²) < 4.78 is 13.2. The van der Waals surface area contributed by atoms with Crippen molar-refractivity contribution in [2.45, 2.75) is 53.0 Å². The lowest BCUT2D eigenvalue weighted by atomic mass is 9.91. The van der Waals surface area contributed by atoms with Crippen molar-refractivity contribution in [1.29, 1.82) is 0 Å². The average Bonchev–Trinajstić information content (AvgIpc) is 2.32. The Kier molecular flexibility index (Phi) is 7.07. The maximum atomic E-state index is 13.2. The predicted octanol–water partition coefficient (Wildman–Crippen LogP) is 4.42. The summed E-state index contributed by atoms with van der Waals surface area (Å²) in [6.07, 6.45) is 3.40. The minimum Gasteiger partial charge on any atom is -0.314 e. The van der Waals surface area contributed by atoms with Gasteiger partial charge in [0.25, 0.3) is 0 Å². The van der Waals surface area contributed by atoms with Gasteiger partial charge in [-0.25, -0.2) is 4.39 Å². The van der Waals surface area contributed by atoms with Gasteiger partial charge in [0.1, 0.15) is 5.82 Å². The maximum Gasteiger partial charge on any atom is 0.123 e. The molecular weight excluding hydrogens is 237 g/mol. The highest BCUT2D eigenvalue weighted by atomic mass is 19.1. The van der Waals surface area contributed by atoms with E-state index in [4.69, 9.17) is 0 Å². The molecule has 1 N–H and O–H groups in total. The number of hydrogen-bond acceptors (Lipinski definition) is 1. The molecule has 1 aromatic carbocycles. The fourth-order valence-electron chi connectivity index (χ4n) is 2.24. The van der Waals surface area contributed by atoms with E-state index in [1.807, 2.05) is 6.07 Å². The van der Waals surface area contributed by atoms with Gasteiger partial charge in [-0.05, 0) is 48.9 Å². The molecule has 2 heteroatoms. The van der Waals surface area contributed by atoms with Crippen LogP contribution in [0, 0.1) is 17.7 Å². The second-order valence-corrected chi connectivity index (χ2v) is 6.23. The van der Waals surface area contributed by atoms with Gasteiger partial charge in [-0.15, -0.1) is 0 Å². The monoisotopic (exact) mass is 265 g/mol. The van der Waals surface area contributed by atoms with E-state index in [1.165, 1.54) is 18.9 Å². The van der Waals surface area contributed by atoms with Crippen LogP contribution in [0.4, 0.5) is 4.39 Å². The molecule has 0 radical (unpaired) electrons. The van der Waals surface area contributed by atoms with Crippen LogP contribution in [-0.2, 0) is 6.42 Å². The number of benzene rings is 1. The topological polar surface area (TPSA) is 12.0 Å². The van der Waals surface area contributed by atoms with Gasteiger partial charge < -0.3 is 5.32 Å². The van der Waals surface area contributed by atoms with E-state index >= 15 is 0 Å². The van der Waals surface area contributed by atoms with Crippen LogP contribution in [0.5, 0.6) is 0 Å². The van der Waals surface area contributed by atoms with Gasteiger partial charge in [0, 0.05) is 6.04 Å². The van der Waals surface area contributed by atoms with Crippen molar-refractivity contribution in [3.05, 3.63) is 35.6 Å². The molecule has 1 rings (SSSR count). The molecule has 0 aromatic heterocycles. The van der Waals surface area contributed by atoms with E-state index in [1.54, 1.807) is 12.1 Å². The molecule has 0 aliphatic rings. The van der Waals surface area contributed by atoms with Crippen LogP contribution in [0.2, 0.25) is 0 Å². The molecule has 0 aliphatic carbocycles. The second-order valence-electron chi connectivity index (χ2n) is 6.23. The van der Waals surface area contributed by atoms with Crippen molar-refractivity contribution >= 4 is 0 Å². The molecule has 1 atom stereocenters. The Morgan fingerprint density at radius 2 is 1.84 bits per heavy atom. The van der Waals surface area contributed by atoms with Crippen molar-refractivity contribution in [3.63, 3.8) is 0 Å². The lowest BCUT2D eigenvalue weighted by molar-refractivity contribution is 0.385. The Labute approximate surface area is 117 Å². The van der Waals surface area contributed by atoms with Gasteiger partial charge in [0.2, 0.25) is 0 Å². The first kappa shape index (κ1) is 16.2. The third-order valence-electron chi connectivity index (χ3n) is 3.38. The van der Waals surface area contributed by atoms with Crippen molar-refractivity contribution < 1.29 is 4.39 Å². The number of nitrogens with one attached hydrogen (secondary N) is 1. The normalized spacial score (nSPS) is 13.2. The first-order valence-electron chi connectivity index (χ1n) is 7.45. The third-order valence-corrected chi connectivity index (χ3v) is 3.38. The van der Waals surface area contributed by atoms with Gasteiger partial charge in [0.15, 0.2) is 0 Å². The Balaban J connectivity index is 2.56. The molecule has 0 saturated carbocycles. The van der Waals surface area contributed by atoms with Crippen LogP contribution < -0.4 is 5.32 Å². The molecule has 1 aromatic rings. The van der Waals surface area contributed by atoms with Crippen molar-refractivity contribution in [3.8, 4) is 0 Å². The van der Waals surface area contributed by atoms with E-state index in [0.717, 1.165) is 24.4 Å². The zero-order chi connectivity index (χ0) is 14.3. The molecule has 19 heavy (non-hydrogen) atoms. The van der Waals surface area contributed by atoms with E-state index in [0.29, 0.717) is 12.0 Å². The third kappa shape index (κ3) is 7.31. The molecule has 0 aliphatic heterocycles. The molecule has 0 heterocycles. The summed E-state index contributed by atoms with van der Waals surface area (Å²) in [4.78, 5) is 0. The molecule has 0 spiro atoms. The second kappa shape index (κ2) is 8.31. The van der Waals surface area contributed by atoms with Crippen LogP contribution in [0.25, 0.3) is 0 Å². The smallest absolute Gasteiger partial charge is 0.123 e. The predicted molar refractivity (Wildman–Crippen MR) is 80.8 cm³/mol. The first-order valence-corrected chi connectivity index (χ1v) is 7.45. The van der Waals surface area contributed by atoms with Crippen LogP contribution in [0.3, 0.4) is 0 Å². The summed E-state index contributed by atoms with van der Waals surface area (Å²) in [5.74, 6) is 1.19. The highest BCUT2D eigenvalue weighted by Crippen LogP contribution is 2.17. The fourth-order valence-corrected chi connectivity index (χ4v) is 2.24. The van der Waals surface area contributed by atoms with E-state index < -0.39 is 0 Å². The Bertz CT molecular complexity index is 348. The minimum absolute atomic E-state index is 0.128. The SMILES string of the molecule is CC(C)CCC(CNC(C)C)Cc1cccc(F)c1. The van der Waals surface area contributed by atoms with Crippen LogP contribution in [0.15, 0.2) is 24.3 Å². The molecular formula is C17H28FN. The highest BCUT2D eigenvalue weighted by Gasteiger charge is 2.11. The summed E-state index contributed by atoms with van der Waals surface area (Å²) in [7, 11) is 0. The van der Waals surface area contributed by atoms with E-state index in [-0.39, 0.29) is 5.82 Å². The molecule has 1 unspecified atom stereocenters. The van der Waals surface area contributed by atoms with Crippen LogP contribution in [0.1, 0.15) is 46.1 Å². The molecule has 0 fully saturated rings. The van der Waals surface area contributed by atoms with Gasteiger partial charge in [-0.3, -0.25) is 0 Å². The largest absolute Gasteiger partial charge is 0.314 e. The zero-order valence-electron chi connectivity index (χ0n) is 12.7. The standard InChI is InChI=1S/C17H28FN/c1-13(2)8-9-16(12-19-14(3)4)10-15-6-5-7-17(18)11-15/h5-7,11,13-14,16,19H,8-10,12H2,1-4H3. The van der Waals surface area contributed by atoms with Crippen LogP contribution in [-0.4, -0.2) is 12.6 Å². The average molecular weight is 265 g/mol. The van der Waals surface area contributed by atoms with Crippen molar-refractivity contribution in [2.75, 3.05) is 6.54 Å². The van der Waals surface area contributed by atoms with Gasteiger partial charge in [-0.1, -0.05) is 46.2 Å². The first-order chi connectivity index (χ1) is 8.97. The quantitative estimate of drug-likeness (QED) is 0.733. The fraction of sp³-hybridized carbons (Fsp3) is 0.647. The summed E-state index contributed by atoms with van der Waals surface area (Å²) in [6.45, 7) is 9.87. The number of rotatable bonds is 8. The van der Waals surface area contributed by atoms with Crippen molar-refractivity contribution in [2.24, 2.45) is 11.8 Å². The molecule has 108 valence electrons. The van der Waals surface area contributed by atoms with E-state index in [9.17, 15) is 4.39 Å². The molecule has 0 amide bonds. The molecule has 0 bridgehead atoms. The summed E-state index contributed by atoms with van der Waals surface area (Å²) in [6, 6.07) is 7.52.